The highest BCUT2D eigenvalue weighted by atomic mass is 16.2. The fourth-order valence-corrected chi connectivity index (χ4v) is 5.90. The molecule has 2 aliphatic heterocycles. The summed E-state index contributed by atoms with van der Waals surface area (Å²) < 4.78 is 3.68. The van der Waals surface area contributed by atoms with E-state index in [-0.39, 0.29) is 34.7 Å². The molecular weight excluding hydrogens is 384 g/mol. The van der Waals surface area contributed by atoms with Gasteiger partial charge in [-0.2, -0.15) is 0 Å². The molecule has 10 heteroatoms. The summed E-state index contributed by atoms with van der Waals surface area (Å²) in [5.41, 5.74) is -0.513. The van der Waals surface area contributed by atoms with E-state index in [9.17, 15) is 9.59 Å². The van der Waals surface area contributed by atoms with Crippen molar-refractivity contribution in [2.45, 2.75) is 50.6 Å². The van der Waals surface area contributed by atoms with Crippen molar-refractivity contribution in [3.05, 3.63) is 24.8 Å². The van der Waals surface area contributed by atoms with Gasteiger partial charge in [0, 0.05) is 49.4 Å². The molecular formula is C20H26N8O2. The molecule has 2 aromatic rings. The number of carbonyl (C=O) groups is 2. The van der Waals surface area contributed by atoms with Crippen LogP contribution in [-0.4, -0.2) is 77.8 Å². The van der Waals surface area contributed by atoms with Gasteiger partial charge in [-0.25, -0.2) is 9.36 Å². The number of hydrogen-bond donors (Lipinski definition) is 0. The molecule has 4 heterocycles. The molecule has 0 radical (unpaired) electrons. The number of carbonyl (C=O) groups excluding carboxylic acids is 2. The lowest BCUT2D eigenvalue weighted by Gasteiger charge is -2.56. The summed E-state index contributed by atoms with van der Waals surface area (Å²) in [6.07, 6.45) is 12.1. The molecule has 5 aliphatic rings. The second-order valence-corrected chi connectivity index (χ2v) is 9.55. The van der Waals surface area contributed by atoms with Crippen molar-refractivity contribution in [2.24, 2.45) is 10.8 Å². The number of fused-ring (bicyclic) bond motifs is 3. The van der Waals surface area contributed by atoms with Crippen LogP contribution in [0.1, 0.15) is 50.6 Å². The molecule has 10 nitrogen and oxygen atoms in total. The lowest BCUT2D eigenvalue weighted by molar-refractivity contribution is -0.169. The topological polar surface area (TPSA) is 102 Å². The quantitative estimate of drug-likeness (QED) is 0.734. The van der Waals surface area contributed by atoms with E-state index in [1.54, 1.807) is 12.4 Å². The van der Waals surface area contributed by atoms with E-state index >= 15 is 0 Å². The second kappa shape index (κ2) is 6.36. The third-order valence-corrected chi connectivity index (χ3v) is 8.08. The first-order valence-electron chi connectivity index (χ1n) is 10.9. The molecule has 2 saturated heterocycles. The van der Waals surface area contributed by atoms with Gasteiger partial charge in [0.15, 0.2) is 0 Å². The molecule has 5 fully saturated rings. The molecule has 7 rings (SSSR count). The number of rotatable bonds is 4. The summed E-state index contributed by atoms with van der Waals surface area (Å²) in [7, 11) is 0. The van der Waals surface area contributed by atoms with Gasteiger partial charge in [0.1, 0.15) is 0 Å². The monoisotopic (exact) mass is 410 g/mol. The van der Waals surface area contributed by atoms with Gasteiger partial charge in [0.25, 0.3) is 0 Å². The number of amides is 2. The zero-order valence-corrected chi connectivity index (χ0v) is 16.9. The molecule has 158 valence electrons. The summed E-state index contributed by atoms with van der Waals surface area (Å²) in [4.78, 5) is 30.5. The lowest BCUT2D eigenvalue weighted by atomic mass is 9.52. The molecule has 0 aromatic carbocycles. The number of aromatic nitrogens is 6. The van der Waals surface area contributed by atoms with Gasteiger partial charge in [-0.3, -0.25) is 9.59 Å². The summed E-state index contributed by atoms with van der Waals surface area (Å²) in [5, 5.41) is 15.8. The van der Waals surface area contributed by atoms with E-state index in [0.717, 1.165) is 38.5 Å². The lowest BCUT2D eigenvalue weighted by Crippen LogP contribution is -2.62. The number of nitrogens with zero attached hydrogens (tertiary/aromatic N) is 8. The van der Waals surface area contributed by atoms with E-state index in [1.165, 1.54) is 0 Å². The van der Waals surface area contributed by atoms with Crippen LogP contribution in [0.25, 0.3) is 0 Å². The third kappa shape index (κ3) is 2.55. The maximum Gasteiger partial charge on any atom is 0.228 e. The first kappa shape index (κ1) is 18.0. The van der Waals surface area contributed by atoms with Crippen molar-refractivity contribution in [3.63, 3.8) is 0 Å². The largest absolute Gasteiger partial charge is 0.338 e. The first-order chi connectivity index (χ1) is 14.6. The van der Waals surface area contributed by atoms with Gasteiger partial charge >= 0.3 is 0 Å². The van der Waals surface area contributed by atoms with Crippen LogP contribution in [0.15, 0.2) is 24.8 Å². The van der Waals surface area contributed by atoms with Gasteiger partial charge in [0.2, 0.25) is 11.8 Å². The van der Waals surface area contributed by atoms with E-state index in [1.807, 2.05) is 31.6 Å². The van der Waals surface area contributed by atoms with Gasteiger partial charge in [-0.15, -0.1) is 10.2 Å². The van der Waals surface area contributed by atoms with Crippen LogP contribution in [0.2, 0.25) is 0 Å². The van der Waals surface area contributed by atoms with Crippen LogP contribution in [0.3, 0.4) is 0 Å². The van der Waals surface area contributed by atoms with Crippen LogP contribution in [0.5, 0.6) is 0 Å². The molecule has 0 atom stereocenters. The average molecular weight is 410 g/mol. The Labute approximate surface area is 174 Å². The Bertz CT molecular complexity index is 841. The van der Waals surface area contributed by atoms with Crippen molar-refractivity contribution in [2.75, 3.05) is 26.2 Å². The highest BCUT2D eigenvalue weighted by molar-refractivity contribution is 5.87. The van der Waals surface area contributed by atoms with Crippen molar-refractivity contribution in [3.8, 4) is 0 Å². The van der Waals surface area contributed by atoms with Gasteiger partial charge in [-0.1, -0.05) is 10.4 Å². The van der Waals surface area contributed by atoms with E-state index < -0.39 is 0 Å². The SMILES string of the molecule is O=C(N1CC(n2ccnn2)C1)C12CCC(C(=O)N3CC(n4ccnn4)C3)(CC1)CC2. The summed E-state index contributed by atoms with van der Waals surface area (Å²) in [6.45, 7) is 2.86. The van der Waals surface area contributed by atoms with E-state index in [0.29, 0.717) is 26.2 Å². The fourth-order valence-electron chi connectivity index (χ4n) is 5.90. The molecule has 0 unspecified atom stereocenters. The van der Waals surface area contributed by atoms with E-state index in [4.69, 9.17) is 0 Å². The molecule has 2 amide bonds. The summed E-state index contributed by atoms with van der Waals surface area (Å²) in [6, 6.07) is 0.482. The zero-order valence-electron chi connectivity index (χ0n) is 16.9. The molecule has 0 N–H and O–H groups in total. The van der Waals surface area contributed by atoms with Crippen molar-refractivity contribution >= 4 is 11.8 Å². The Morgan fingerprint density at radius 1 is 0.667 bits per heavy atom. The Morgan fingerprint density at radius 2 is 1.03 bits per heavy atom. The standard InChI is InChI=1S/C20H26N8O2/c29-17(25-11-15(12-25)27-9-7-21-23-27)19-1-2-20(5-3-19,6-4-19)18(30)26-13-16(14-26)28-10-8-22-24-28/h7-10,15-16H,1-6,11-14H2. The fraction of sp³-hybridized carbons (Fsp3) is 0.700. The maximum absolute atomic E-state index is 13.3. The minimum Gasteiger partial charge on any atom is -0.338 e. The Balaban J connectivity index is 1.06. The van der Waals surface area contributed by atoms with Gasteiger partial charge < -0.3 is 9.80 Å². The predicted molar refractivity (Wildman–Crippen MR) is 104 cm³/mol. The number of hydrogen-bond acceptors (Lipinski definition) is 6. The summed E-state index contributed by atoms with van der Waals surface area (Å²) >= 11 is 0. The first-order valence-corrected chi connectivity index (χ1v) is 10.9. The predicted octanol–water partition coefficient (Wildman–Crippen LogP) is 0.677. The Kier molecular flexibility index (Phi) is 3.82. The van der Waals surface area contributed by atoms with Gasteiger partial charge in [-0.05, 0) is 38.5 Å². The Hall–Kier alpha value is -2.78. The second-order valence-electron chi connectivity index (χ2n) is 9.55. The molecule has 3 aliphatic carbocycles. The molecule has 0 spiro atoms. The maximum atomic E-state index is 13.3. The summed E-state index contributed by atoms with van der Waals surface area (Å²) in [5.74, 6) is 0.574. The van der Waals surface area contributed by atoms with Crippen LogP contribution < -0.4 is 0 Å². The molecule has 2 bridgehead atoms. The zero-order chi connectivity index (χ0) is 20.3. The number of likely N-dealkylation sites (tertiary alicyclic amines) is 2. The highest BCUT2D eigenvalue weighted by Gasteiger charge is 2.58. The van der Waals surface area contributed by atoms with Gasteiger partial charge in [0.05, 0.1) is 24.5 Å². The van der Waals surface area contributed by atoms with Crippen LogP contribution >= 0.6 is 0 Å². The third-order valence-electron chi connectivity index (χ3n) is 8.08. The highest BCUT2D eigenvalue weighted by Crippen LogP contribution is 2.58. The minimum absolute atomic E-state index is 0.241. The Morgan fingerprint density at radius 3 is 1.33 bits per heavy atom. The van der Waals surface area contributed by atoms with Crippen molar-refractivity contribution in [1.29, 1.82) is 0 Å². The molecule has 3 saturated carbocycles. The molecule has 2 aromatic heterocycles. The van der Waals surface area contributed by atoms with Crippen LogP contribution in [0.4, 0.5) is 0 Å². The molecule has 30 heavy (non-hydrogen) atoms. The van der Waals surface area contributed by atoms with Crippen molar-refractivity contribution in [1.82, 2.24) is 39.8 Å². The van der Waals surface area contributed by atoms with Crippen LogP contribution in [0, 0.1) is 10.8 Å². The normalized spacial score (nSPS) is 31.5. The minimum atomic E-state index is -0.256. The van der Waals surface area contributed by atoms with E-state index in [2.05, 4.69) is 20.6 Å². The van der Waals surface area contributed by atoms with Crippen LogP contribution in [-0.2, 0) is 9.59 Å². The smallest absolute Gasteiger partial charge is 0.228 e. The average Bonchev–Trinajstić information content (AvgIpc) is 3.41. The van der Waals surface area contributed by atoms with Crippen molar-refractivity contribution < 1.29 is 9.59 Å².